The third-order valence-electron chi connectivity index (χ3n) is 9.00. The number of carbonyl (C=O) groups is 3. The first-order valence-corrected chi connectivity index (χ1v) is 14.5. The van der Waals surface area contributed by atoms with Gasteiger partial charge in [0.15, 0.2) is 11.6 Å². The minimum absolute atomic E-state index is 0.250. The zero-order chi connectivity index (χ0) is 30.4. The number of nitrogens with zero attached hydrogens (tertiary/aromatic N) is 1. The summed E-state index contributed by atoms with van der Waals surface area (Å²) >= 11 is 0. The molecule has 4 aromatic rings. The van der Waals surface area contributed by atoms with Crippen molar-refractivity contribution in [2.45, 2.75) is 17.5 Å². The molecule has 1 fully saturated rings. The van der Waals surface area contributed by atoms with E-state index in [1.807, 2.05) is 65.7 Å². The largest absolute Gasteiger partial charge is 0.497 e. The number of ether oxygens (including phenoxy) is 2. The lowest BCUT2D eigenvalue weighted by Gasteiger charge is -2.38. The lowest BCUT2D eigenvalue weighted by atomic mass is 9.62. The monoisotopic (exact) mass is 582 g/mol. The second-order valence-corrected chi connectivity index (χ2v) is 11.2. The van der Waals surface area contributed by atoms with E-state index in [4.69, 9.17) is 9.47 Å². The van der Waals surface area contributed by atoms with Crippen molar-refractivity contribution in [3.05, 3.63) is 144 Å². The van der Waals surface area contributed by atoms with Crippen molar-refractivity contribution in [3.8, 4) is 11.5 Å². The molecule has 0 aliphatic carbocycles. The summed E-state index contributed by atoms with van der Waals surface area (Å²) < 4.78 is 11.0. The third kappa shape index (κ3) is 4.00. The van der Waals surface area contributed by atoms with Crippen molar-refractivity contribution in [1.82, 2.24) is 4.90 Å². The Morgan fingerprint density at radius 3 is 2.27 bits per heavy atom. The Morgan fingerprint density at radius 2 is 1.55 bits per heavy atom. The number of rotatable bonds is 8. The van der Waals surface area contributed by atoms with Crippen LogP contribution in [0.1, 0.15) is 43.4 Å². The Bertz CT molecular complexity index is 1830. The van der Waals surface area contributed by atoms with Gasteiger partial charge in [-0.3, -0.25) is 14.4 Å². The van der Waals surface area contributed by atoms with Crippen LogP contribution in [-0.2, 0) is 10.2 Å². The van der Waals surface area contributed by atoms with Crippen molar-refractivity contribution in [1.29, 1.82) is 0 Å². The average molecular weight is 583 g/mol. The molecule has 4 aromatic carbocycles. The normalized spacial score (nSPS) is 22.5. The van der Waals surface area contributed by atoms with Gasteiger partial charge in [-0.15, -0.1) is 0 Å². The van der Waals surface area contributed by atoms with Crippen LogP contribution in [0.25, 0.3) is 6.08 Å². The molecule has 1 saturated heterocycles. The molecule has 3 aliphatic heterocycles. The number of nitrogens with one attached hydrogen (secondary N) is 1. The number of methoxy groups -OCH3 is 1. The van der Waals surface area contributed by atoms with Crippen LogP contribution < -0.4 is 14.8 Å². The number of ketones is 2. The quantitative estimate of drug-likeness (QED) is 0.196. The van der Waals surface area contributed by atoms with Crippen molar-refractivity contribution in [2.75, 3.05) is 19.0 Å². The van der Waals surface area contributed by atoms with Crippen molar-refractivity contribution in [2.24, 2.45) is 5.92 Å². The predicted octanol–water partition coefficient (Wildman–Crippen LogP) is 6.24. The minimum atomic E-state index is -1.39. The van der Waals surface area contributed by atoms with Crippen molar-refractivity contribution in [3.63, 3.8) is 0 Å². The standard InChI is InChI=1S/C37H30N2O5/c1-3-22-44-27-18-14-24(15-19-27)33(40)31-32(34(41)25-12-16-26(43-2)17-13-25)39-21-20-23-8-4-5-9-28(23)35(39)37(31)29-10-6-7-11-30(29)38-36(37)42/h3-21,31-32,35H,1,22H2,2H3,(H,38,42)/t31-,32-,35-,37+/m1/s1. The number of hydrogen-bond acceptors (Lipinski definition) is 6. The van der Waals surface area contributed by atoms with Crippen LogP contribution >= 0.6 is 0 Å². The lowest BCUT2D eigenvalue weighted by Crippen LogP contribution is -2.49. The molecule has 3 heterocycles. The summed E-state index contributed by atoms with van der Waals surface area (Å²) in [6.45, 7) is 4.02. The number of Topliss-reactive ketones (excluding diaryl/α,β-unsaturated/α-hetero) is 2. The Kier molecular flexibility index (Phi) is 6.66. The third-order valence-corrected chi connectivity index (χ3v) is 9.00. The molecule has 7 heteroatoms. The summed E-state index contributed by atoms with van der Waals surface area (Å²) in [6, 6.07) is 27.5. The number of anilines is 1. The highest BCUT2D eigenvalue weighted by Gasteiger charge is 2.70. The van der Waals surface area contributed by atoms with E-state index >= 15 is 0 Å². The van der Waals surface area contributed by atoms with Crippen LogP contribution in [0.4, 0.5) is 5.69 Å². The average Bonchev–Trinajstić information content (AvgIpc) is 3.55. The molecule has 7 nitrogen and oxygen atoms in total. The van der Waals surface area contributed by atoms with Crippen molar-refractivity contribution < 1.29 is 23.9 Å². The maximum absolute atomic E-state index is 14.9. The molecule has 4 atom stereocenters. The molecule has 7 rings (SSSR count). The van der Waals surface area contributed by atoms with Gasteiger partial charge in [-0.2, -0.15) is 0 Å². The van der Waals surface area contributed by atoms with Crippen LogP contribution in [0.15, 0.2) is 116 Å². The first kappa shape index (κ1) is 27.4. The summed E-state index contributed by atoms with van der Waals surface area (Å²) in [5.74, 6) is -0.690. The summed E-state index contributed by atoms with van der Waals surface area (Å²) in [5.41, 5.74) is 2.61. The number of fused-ring (bicyclic) bond motifs is 6. The Morgan fingerprint density at radius 1 is 0.886 bits per heavy atom. The number of carbonyl (C=O) groups excluding carboxylic acids is 3. The molecule has 0 unspecified atom stereocenters. The highest BCUT2D eigenvalue weighted by atomic mass is 16.5. The SMILES string of the molecule is C=CCOc1ccc(C(=O)[C@H]2[C@H](C(=O)c3ccc(OC)cc3)N3C=Cc4ccccc4[C@@H]3[C@@]23C(=O)Nc2ccccc23)cc1. The van der Waals surface area contributed by atoms with E-state index in [0.717, 1.165) is 11.1 Å². The molecule has 3 aliphatic rings. The van der Waals surface area contributed by atoms with E-state index in [0.29, 0.717) is 40.5 Å². The predicted molar refractivity (Wildman–Crippen MR) is 168 cm³/mol. The second kappa shape index (κ2) is 10.7. The van der Waals surface area contributed by atoms with Crippen LogP contribution in [0.5, 0.6) is 11.5 Å². The van der Waals surface area contributed by atoms with Gasteiger partial charge in [-0.25, -0.2) is 0 Å². The van der Waals surface area contributed by atoms with Crippen LogP contribution in [0.3, 0.4) is 0 Å². The van der Waals surface area contributed by atoms with Gasteiger partial charge < -0.3 is 19.7 Å². The van der Waals surface area contributed by atoms with Gasteiger partial charge in [0.05, 0.1) is 19.1 Å². The number of amides is 1. The van der Waals surface area contributed by atoms with Gasteiger partial charge in [0.2, 0.25) is 5.91 Å². The summed E-state index contributed by atoms with van der Waals surface area (Å²) in [6.07, 6.45) is 5.47. The van der Waals surface area contributed by atoms with Gasteiger partial charge in [-0.1, -0.05) is 55.1 Å². The topological polar surface area (TPSA) is 84.9 Å². The first-order valence-electron chi connectivity index (χ1n) is 14.5. The number of hydrogen-bond donors (Lipinski definition) is 1. The van der Waals surface area contributed by atoms with Gasteiger partial charge in [-0.05, 0) is 77.4 Å². The number of para-hydroxylation sites is 1. The van der Waals surface area contributed by atoms with Crippen LogP contribution in [0, 0.1) is 5.92 Å². The highest BCUT2D eigenvalue weighted by molar-refractivity contribution is 6.16. The zero-order valence-corrected chi connectivity index (χ0v) is 24.1. The van der Waals surface area contributed by atoms with Gasteiger partial charge in [0.1, 0.15) is 29.6 Å². The fraction of sp³-hybridized carbons (Fsp3) is 0.162. The molecule has 0 saturated carbocycles. The molecular formula is C37H30N2O5. The van der Waals surface area contributed by atoms with Crippen LogP contribution in [-0.4, -0.2) is 42.1 Å². The zero-order valence-electron chi connectivity index (χ0n) is 24.1. The maximum atomic E-state index is 14.9. The Hall–Kier alpha value is -5.43. The molecule has 0 radical (unpaired) electrons. The first-order chi connectivity index (χ1) is 21.5. The second-order valence-electron chi connectivity index (χ2n) is 11.2. The van der Waals surface area contributed by atoms with Gasteiger partial charge in [0.25, 0.3) is 0 Å². The Labute approximate surface area is 255 Å². The lowest BCUT2D eigenvalue weighted by molar-refractivity contribution is -0.122. The highest BCUT2D eigenvalue weighted by Crippen LogP contribution is 2.62. The molecule has 0 bridgehead atoms. The molecular weight excluding hydrogens is 552 g/mol. The van der Waals surface area contributed by atoms with Gasteiger partial charge >= 0.3 is 0 Å². The van der Waals surface area contributed by atoms with E-state index < -0.39 is 23.4 Å². The van der Waals surface area contributed by atoms with E-state index in [1.54, 1.807) is 61.7 Å². The van der Waals surface area contributed by atoms with Crippen LogP contribution in [0.2, 0.25) is 0 Å². The molecule has 44 heavy (non-hydrogen) atoms. The molecule has 0 aromatic heterocycles. The summed E-state index contributed by atoms with van der Waals surface area (Å²) in [5, 5.41) is 3.08. The van der Waals surface area contributed by atoms with E-state index in [2.05, 4.69) is 11.9 Å². The minimum Gasteiger partial charge on any atom is -0.497 e. The fourth-order valence-electron chi connectivity index (χ4n) is 7.14. The molecule has 218 valence electrons. The van der Waals surface area contributed by atoms with E-state index in [9.17, 15) is 14.4 Å². The molecule has 1 amide bonds. The smallest absolute Gasteiger partial charge is 0.238 e. The fourth-order valence-corrected chi connectivity index (χ4v) is 7.14. The van der Waals surface area contributed by atoms with Crippen molar-refractivity contribution >= 4 is 29.2 Å². The number of benzene rings is 4. The molecule has 1 spiro atoms. The Balaban J connectivity index is 1.46. The van der Waals surface area contributed by atoms with E-state index in [1.165, 1.54) is 0 Å². The molecule has 1 N–H and O–H groups in total. The summed E-state index contributed by atoms with van der Waals surface area (Å²) in [7, 11) is 1.57. The maximum Gasteiger partial charge on any atom is 0.238 e. The van der Waals surface area contributed by atoms with E-state index in [-0.39, 0.29) is 17.5 Å². The van der Waals surface area contributed by atoms with Gasteiger partial charge in [0, 0.05) is 23.0 Å². The summed E-state index contributed by atoms with van der Waals surface area (Å²) in [4.78, 5) is 46.1.